The van der Waals surface area contributed by atoms with Crippen LogP contribution in [0, 0.1) is 0 Å². The highest BCUT2D eigenvalue weighted by atomic mass is 16.5. The lowest BCUT2D eigenvalue weighted by Gasteiger charge is -2.11. The van der Waals surface area contributed by atoms with Gasteiger partial charge in [0.2, 0.25) is 0 Å². The third-order valence-corrected chi connectivity index (χ3v) is 2.30. The van der Waals surface area contributed by atoms with Crippen LogP contribution >= 0.6 is 0 Å². The fourth-order valence-corrected chi connectivity index (χ4v) is 1.49. The second kappa shape index (κ2) is 6.62. The van der Waals surface area contributed by atoms with Gasteiger partial charge in [-0.2, -0.15) is 0 Å². The van der Waals surface area contributed by atoms with E-state index < -0.39 is 0 Å². The van der Waals surface area contributed by atoms with Crippen LogP contribution in [0.2, 0.25) is 0 Å². The molecule has 1 aromatic carbocycles. The Morgan fingerprint density at radius 3 is 2.35 bits per heavy atom. The molecule has 0 radical (unpaired) electrons. The molecule has 0 spiro atoms. The Bertz CT molecular complexity index is 369. The molecule has 0 aliphatic rings. The molecule has 0 atom stereocenters. The lowest BCUT2D eigenvalue weighted by Crippen LogP contribution is -2.31. The van der Waals surface area contributed by atoms with E-state index in [-0.39, 0.29) is 0 Å². The minimum atomic E-state index is 0.417. The van der Waals surface area contributed by atoms with Crippen molar-refractivity contribution in [1.82, 2.24) is 5.32 Å². The Labute approximate surface area is 102 Å². The molecule has 0 heterocycles. The number of guanidine groups is 1. The molecule has 0 aliphatic heterocycles. The Morgan fingerprint density at radius 1 is 1.29 bits per heavy atom. The first-order chi connectivity index (χ1) is 8.22. The lowest BCUT2D eigenvalue weighted by molar-refractivity contribution is 0.385. The minimum Gasteiger partial charge on any atom is -0.496 e. The van der Waals surface area contributed by atoms with E-state index >= 15 is 0 Å². The van der Waals surface area contributed by atoms with E-state index in [1.807, 2.05) is 25.1 Å². The summed E-state index contributed by atoms with van der Waals surface area (Å²) in [6, 6.07) is 5.62. The fraction of sp³-hybridized carbons (Fsp3) is 0.417. The maximum atomic E-state index is 5.67. The van der Waals surface area contributed by atoms with Gasteiger partial charge in [-0.05, 0) is 19.1 Å². The van der Waals surface area contributed by atoms with Gasteiger partial charge in [-0.3, -0.25) is 0 Å². The molecule has 0 fully saturated rings. The molecule has 0 bridgehead atoms. The highest BCUT2D eigenvalue weighted by molar-refractivity contribution is 5.77. The molecule has 17 heavy (non-hydrogen) atoms. The second-order valence-electron chi connectivity index (χ2n) is 3.37. The summed E-state index contributed by atoms with van der Waals surface area (Å²) in [6.07, 6.45) is 0. The molecule has 0 aromatic heterocycles. The largest absolute Gasteiger partial charge is 0.496 e. The van der Waals surface area contributed by atoms with Crippen molar-refractivity contribution in [2.24, 2.45) is 10.7 Å². The number of benzene rings is 1. The number of hydrogen-bond acceptors (Lipinski definition) is 3. The van der Waals surface area contributed by atoms with Crippen molar-refractivity contribution in [2.45, 2.75) is 13.5 Å². The zero-order valence-corrected chi connectivity index (χ0v) is 10.5. The molecule has 0 saturated heterocycles. The van der Waals surface area contributed by atoms with Crippen LogP contribution in [-0.4, -0.2) is 26.7 Å². The minimum absolute atomic E-state index is 0.417. The van der Waals surface area contributed by atoms with E-state index in [0.717, 1.165) is 23.6 Å². The molecular weight excluding hydrogens is 218 g/mol. The molecule has 0 amide bonds. The first-order valence-corrected chi connectivity index (χ1v) is 5.46. The molecule has 0 saturated carbocycles. The number of nitrogens with two attached hydrogens (primary N) is 1. The predicted octanol–water partition coefficient (Wildman–Crippen LogP) is 1.13. The van der Waals surface area contributed by atoms with Crippen LogP contribution in [0.15, 0.2) is 23.2 Å². The van der Waals surface area contributed by atoms with Gasteiger partial charge in [0.15, 0.2) is 5.96 Å². The van der Waals surface area contributed by atoms with Gasteiger partial charge in [-0.15, -0.1) is 0 Å². The summed E-state index contributed by atoms with van der Waals surface area (Å²) in [7, 11) is 3.24. The van der Waals surface area contributed by atoms with Crippen LogP contribution < -0.4 is 20.5 Å². The lowest BCUT2D eigenvalue weighted by atomic mass is 10.2. The Morgan fingerprint density at radius 2 is 1.88 bits per heavy atom. The SMILES string of the molecule is CCNC(N)=NCc1c(OC)cccc1OC. The van der Waals surface area contributed by atoms with Gasteiger partial charge in [0, 0.05) is 6.54 Å². The Balaban J connectivity index is 2.91. The Kier molecular flexibility index (Phi) is 5.13. The molecular formula is C12H19N3O2. The normalized spacial score (nSPS) is 11.1. The topological polar surface area (TPSA) is 68.9 Å². The number of rotatable bonds is 5. The predicted molar refractivity (Wildman–Crippen MR) is 68.5 cm³/mol. The third kappa shape index (κ3) is 3.55. The van der Waals surface area contributed by atoms with Gasteiger partial charge in [0.25, 0.3) is 0 Å². The van der Waals surface area contributed by atoms with Crippen molar-refractivity contribution in [2.75, 3.05) is 20.8 Å². The number of hydrogen-bond donors (Lipinski definition) is 2. The van der Waals surface area contributed by atoms with E-state index in [9.17, 15) is 0 Å². The summed E-state index contributed by atoms with van der Waals surface area (Å²) in [5.41, 5.74) is 6.56. The molecule has 3 N–H and O–H groups in total. The highest BCUT2D eigenvalue weighted by Gasteiger charge is 2.08. The van der Waals surface area contributed by atoms with Crippen molar-refractivity contribution < 1.29 is 9.47 Å². The van der Waals surface area contributed by atoms with E-state index in [2.05, 4.69) is 10.3 Å². The average molecular weight is 237 g/mol. The first kappa shape index (κ1) is 13.2. The van der Waals surface area contributed by atoms with Gasteiger partial charge in [-0.25, -0.2) is 4.99 Å². The summed E-state index contributed by atoms with van der Waals surface area (Å²) in [5.74, 6) is 1.91. The van der Waals surface area contributed by atoms with Crippen molar-refractivity contribution in [3.63, 3.8) is 0 Å². The number of nitrogens with zero attached hydrogens (tertiary/aromatic N) is 1. The summed E-state index contributed by atoms with van der Waals surface area (Å²) >= 11 is 0. The van der Waals surface area contributed by atoms with E-state index in [0.29, 0.717) is 12.5 Å². The average Bonchev–Trinajstić information content (AvgIpc) is 2.36. The van der Waals surface area contributed by atoms with Crippen LogP contribution in [0.25, 0.3) is 0 Å². The standard InChI is InChI=1S/C12H19N3O2/c1-4-14-12(13)15-8-9-10(16-2)6-5-7-11(9)17-3/h5-7H,4,8H2,1-3H3,(H3,13,14,15). The highest BCUT2D eigenvalue weighted by Crippen LogP contribution is 2.28. The molecule has 5 heteroatoms. The number of ether oxygens (including phenoxy) is 2. The third-order valence-electron chi connectivity index (χ3n) is 2.30. The van der Waals surface area contributed by atoms with Gasteiger partial charge in [0.1, 0.15) is 11.5 Å². The van der Waals surface area contributed by atoms with Gasteiger partial charge >= 0.3 is 0 Å². The first-order valence-electron chi connectivity index (χ1n) is 5.46. The smallest absolute Gasteiger partial charge is 0.188 e. The van der Waals surface area contributed by atoms with Crippen LogP contribution in [-0.2, 0) is 6.54 Å². The van der Waals surface area contributed by atoms with Crippen molar-refractivity contribution >= 4 is 5.96 Å². The summed E-state index contributed by atoms with van der Waals surface area (Å²) in [5, 5.41) is 2.94. The van der Waals surface area contributed by atoms with Crippen molar-refractivity contribution in [3.8, 4) is 11.5 Å². The summed E-state index contributed by atoms with van der Waals surface area (Å²) < 4.78 is 10.5. The second-order valence-corrected chi connectivity index (χ2v) is 3.37. The van der Waals surface area contributed by atoms with Crippen molar-refractivity contribution in [3.05, 3.63) is 23.8 Å². The number of aliphatic imine (C=N–C) groups is 1. The molecule has 94 valence electrons. The van der Waals surface area contributed by atoms with Gasteiger partial charge < -0.3 is 20.5 Å². The van der Waals surface area contributed by atoms with Crippen LogP contribution in [0.5, 0.6) is 11.5 Å². The van der Waals surface area contributed by atoms with Gasteiger partial charge in [0.05, 0.1) is 26.3 Å². The number of nitrogens with one attached hydrogen (secondary N) is 1. The Hall–Kier alpha value is -1.91. The molecule has 0 aliphatic carbocycles. The zero-order valence-electron chi connectivity index (χ0n) is 10.5. The van der Waals surface area contributed by atoms with E-state index in [1.54, 1.807) is 14.2 Å². The van der Waals surface area contributed by atoms with Crippen molar-refractivity contribution in [1.29, 1.82) is 0 Å². The molecule has 1 rings (SSSR count). The van der Waals surface area contributed by atoms with Crippen LogP contribution in [0.4, 0.5) is 0 Å². The van der Waals surface area contributed by atoms with Crippen LogP contribution in [0.3, 0.4) is 0 Å². The van der Waals surface area contributed by atoms with Crippen LogP contribution in [0.1, 0.15) is 12.5 Å². The van der Waals surface area contributed by atoms with E-state index in [1.165, 1.54) is 0 Å². The zero-order chi connectivity index (χ0) is 12.7. The molecule has 1 aromatic rings. The summed E-state index contributed by atoms with van der Waals surface area (Å²) in [6.45, 7) is 3.14. The van der Waals surface area contributed by atoms with E-state index in [4.69, 9.17) is 15.2 Å². The molecule has 5 nitrogen and oxygen atoms in total. The summed E-state index contributed by atoms with van der Waals surface area (Å²) in [4.78, 5) is 4.22. The maximum Gasteiger partial charge on any atom is 0.188 e. The monoisotopic (exact) mass is 237 g/mol. The maximum absolute atomic E-state index is 5.67. The quantitative estimate of drug-likeness (QED) is 0.595. The molecule has 0 unspecified atom stereocenters. The fourth-order valence-electron chi connectivity index (χ4n) is 1.49. The van der Waals surface area contributed by atoms with Gasteiger partial charge in [-0.1, -0.05) is 6.07 Å². The number of methoxy groups -OCH3 is 2.